The number of piperazine rings is 1. The molecule has 256 valence electrons. The SMILES string of the molecule is CCC(C)n1ncn(-c2ccc(N3CCN(c4ccc(OCC5COC(Cn6cncn6)(c6ccc(C)cc6C)O5)cc4)CC3)cc2)c1=O. The summed E-state index contributed by atoms with van der Waals surface area (Å²) in [6.45, 7) is 13.0. The molecule has 12 nitrogen and oxygen atoms in total. The summed E-state index contributed by atoms with van der Waals surface area (Å²) in [5.41, 5.74) is 6.31. The van der Waals surface area contributed by atoms with Gasteiger partial charge in [-0.1, -0.05) is 30.7 Å². The molecule has 3 atom stereocenters. The van der Waals surface area contributed by atoms with Gasteiger partial charge in [-0.25, -0.2) is 23.7 Å². The molecule has 0 spiro atoms. The van der Waals surface area contributed by atoms with E-state index in [9.17, 15) is 4.79 Å². The fourth-order valence-corrected chi connectivity index (χ4v) is 6.68. The van der Waals surface area contributed by atoms with Crippen LogP contribution in [0.4, 0.5) is 11.4 Å². The number of rotatable bonds is 11. The van der Waals surface area contributed by atoms with Crippen LogP contribution in [0.15, 0.2) is 90.5 Å². The summed E-state index contributed by atoms with van der Waals surface area (Å²) in [5, 5.41) is 8.61. The van der Waals surface area contributed by atoms with Crippen LogP contribution in [0, 0.1) is 13.8 Å². The van der Waals surface area contributed by atoms with E-state index in [1.165, 1.54) is 17.6 Å². The van der Waals surface area contributed by atoms with Crippen LogP contribution in [0.25, 0.3) is 5.69 Å². The molecule has 2 saturated heterocycles. The first-order chi connectivity index (χ1) is 23.8. The van der Waals surface area contributed by atoms with Gasteiger partial charge < -0.3 is 24.0 Å². The van der Waals surface area contributed by atoms with Crippen LogP contribution in [0.5, 0.6) is 5.75 Å². The normalized spacial score (nSPS) is 20.1. The fraction of sp³-hybridized carbons (Fsp3) is 0.405. The van der Waals surface area contributed by atoms with Crippen molar-refractivity contribution in [3.05, 3.63) is 113 Å². The van der Waals surface area contributed by atoms with Crippen molar-refractivity contribution in [1.82, 2.24) is 29.1 Å². The lowest BCUT2D eigenvalue weighted by atomic mass is 9.98. The lowest BCUT2D eigenvalue weighted by molar-refractivity contribution is -0.191. The third kappa shape index (κ3) is 6.83. The third-order valence-electron chi connectivity index (χ3n) is 9.60. The molecule has 12 heteroatoms. The van der Waals surface area contributed by atoms with E-state index in [1.807, 2.05) is 31.2 Å². The molecule has 2 aliphatic heterocycles. The Hall–Kier alpha value is -4.94. The minimum atomic E-state index is -0.968. The summed E-state index contributed by atoms with van der Waals surface area (Å²) in [6, 6.07) is 22.8. The van der Waals surface area contributed by atoms with Gasteiger partial charge in [-0.15, -0.1) is 0 Å². The Labute approximate surface area is 286 Å². The van der Waals surface area contributed by atoms with Gasteiger partial charge in [-0.05, 0) is 81.3 Å². The molecule has 0 radical (unpaired) electrons. The van der Waals surface area contributed by atoms with Crippen LogP contribution >= 0.6 is 0 Å². The molecule has 3 unspecified atom stereocenters. The molecular formula is C37H44N8O4. The Kier molecular flexibility index (Phi) is 9.24. The molecule has 49 heavy (non-hydrogen) atoms. The van der Waals surface area contributed by atoms with Crippen LogP contribution in [-0.4, -0.2) is 74.6 Å². The van der Waals surface area contributed by atoms with E-state index in [0.717, 1.165) is 60.9 Å². The Bertz CT molecular complexity index is 1900. The van der Waals surface area contributed by atoms with E-state index < -0.39 is 5.79 Å². The molecule has 0 amide bonds. The van der Waals surface area contributed by atoms with Crippen molar-refractivity contribution >= 4 is 11.4 Å². The van der Waals surface area contributed by atoms with Crippen LogP contribution in [-0.2, 0) is 21.8 Å². The van der Waals surface area contributed by atoms with Crippen molar-refractivity contribution in [1.29, 1.82) is 0 Å². The molecule has 0 bridgehead atoms. The molecule has 4 heterocycles. The maximum atomic E-state index is 12.8. The number of hydrogen-bond acceptors (Lipinski definition) is 9. The topological polar surface area (TPSA) is 105 Å². The zero-order valence-corrected chi connectivity index (χ0v) is 28.6. The summed E-state index contributed by atoms with van der Waals surface area (Å²) in [6.07, 6.45) is 5.42. The number of benzene rings is 3. The highest BCUT2D eigenvalue weighted by atomic mass is 16.8. The molecule has 5 aromatic rings. The van der Waals surface area contributed by atoms with E-state index in [1.54, 1.807) is 26.6 Å². The van der Waals surface area contributed by atoms with E-state index in [2.05, 4.69) is 88.2 Å². The van der Waals surface area contributed by atoms with E-state index >= 15 is 0 Å². The molecule has 3 aromatic carbocycles. The Balaban J connectivity index is 0.925. The summed E-state index contributed by atoms with van der Waals surface area (Å²) in [4.78, 5) is 21.7. The van der Waals surface area contributed by atoms with Gasteiger partial charge in [-0.2, -0.15) is 10.2 Å². The highest BCUT2D eigenvalue weighted by molar-refractivity contribution is 5.54. The van der Waals surface area contributed by atoms with Crippen LogP contribution in [0.1, 0.15) is 43.0 Å². The van der Waals surface area contributed by atoms with Gasteiger partial charge in [0.25, 0.3) is 0 Å². The van der Waals surface area contributed by atoms with Gasteiger partial charge in [0.15, 0.2) is 0 Å². The quantitative estimate of drug-likeness (QED) is 0.195. The fourth-order valence-electron chi connectivity index (χ4n) is 6.68. The van der Waals surface area contributed by atoms with Crippen LogP contribution in [0.2, 0.25) is 0 Å². The monoisotopic (exact) mass is 664 g/mol. The van der Waals surface area contributed by atoms with Gasteiger partial charge in [0.2, 0.25) is 5.79 Å². The zero-order chi connectivity index (χ0) is 34.0. The number of aromatic nitrogens is 6. The highest BCUT2D eigenvalue weighted by Gasteiger charge is 2.45. The zero-order valence-electron chi connectivity index (χ0n) is 28.6. The van der Waals surface area contributed by atoms with Crippen molar-refractivity contribution in [2.75, 3.05) is 49.2 Å². The maximum absolute atomic E-state index is 12.8. The standard InChI is InChI=1S/C37H44N8O4/c1-5-29(4)45-36(46)44(26-40-45)32-9-7-30(8-10-32)41-16-18-42(19-17-41)31-11-13-33(14-12-31)47-21-34-22-48-37(49-34,23-43-25-38-24-39-43)35-15-6-27(2)20-28(35)3/h6-15,20,24-26,29,34H,5,16-19,21-23H2,1-4H3. The second-order valence-electron chi connectivity index (χ2n) is 13.0. The van der Waals surface area contributed by atoms with E-state index in [4.69, 9.17) is 14.2 Å². The summed E-state index contributed by atoms with van der Waals surface area (Å²) >= 11 is 0. The van der Waals surface area contributed by atoms with Crippen molar-refractivity contribution in [2.24, 2.45) is 0 Å². The van der Waals surface area contributed by atoms with Gasteiger partial charge in [0.05, 0.1) is 18.3 Å². The van der Waals surface area contributed by atoms with Gasteiger partial charge in [-0.3, -0.25) is 0 Å². The first-order valence-electron chi connectivity index (χ1n) is 17.0. The Morgan fingerprint density at radius 1 is 0.898 bits per heavy atom. The molecular weight excluding hydrogens is 620 g/mol. The number of ether oxygens (including phenoxy) is 3. The highest BCUT2D eigenvalue weighted by Crippen LogP contribution is 2.38. The molecule has 2 aliphatic rings. The maximum Gasteiger partial charge on any atom is 0.350 e. The van der Waals surface area contributed by atoms with Gasteiger partial charge in [0.1, 0.15) is 44.0 Å². The number of aryl methyl sites for hydroxylation is 2. The van der Waals surface area contributed by atoms with Gasteiger partial charge in [0, 0.05) is 43.1 Å². The number of anilines is 2. The second kappa shape index (κ2) is 13.9. The number of nitrogens with zero attached hydrogens (tertiary/aromatic N) is 8. The summed E-state index contributed by atoms with van der Waals surface area (Å²) in [7, 11) is 0. The average molecular weight is 665 g/mol. The molecule has 7 rings (SSSR count). The predicted molar refractivity (Wildman–Crippen MR) is 188 cm³/mol. The summed E-state index contributed by atoms with van der Waals surface area (Å²) < 4.78 is 24.1. The Morgan fingerprint density at radius 3 is 2.20 bits per heavy atom. The summed E-state index contributed by atoms with van der Waals surface area (Å²) in [5.74, 6) is -0.176. The number of hydrogen-bond donors (Lipinski definition) is 0. The first-order valence-corrected chi connectivity index (χ1v) is 17.0. The minimum absolute atomic E-state index is 0.0713. The van der Waals surface area contributed by atoms with Crippen molar-refractivity contribution in [2.45, 2.75) is 58.6 Å². The third-order valence-corrected chi connectivity index (χ3v) is 9.60. The van der Waals surface area contributed by atoms with Crippen LogP contribution in [0.3, 0.4) is 0 Å². The van der Waals surface area contributed by atoms with Crippen molar-refractivity contribution in [3.8, 4) is 11.4 Å². The van der Waals surface area contributed by atoms with Gasteiger partial charge >= 0.3 is 5.69 Å². The van der Waals surface area contributed by atoms with Crippen LogP contribution < -0.4 is 20.2 Å². The molecule has 0 N–H and O–H groups in total. The predicted octanol–water partition coefficient (Wildman–Crippen LogP) is 4.89. The lowest BCUT2D eigenvalue weighted by Gasteiger charge is -2.37. The lowest BCUT2D eigenvalue weighted by Crippen LogP contribution is -2.46. The largest absolute Gasteiger partial charge is 0.491 e. The van der Waals surface area contributed by atoms with Crippen molar-refractivity contribution in [3.63, 3.8) is 0 Å². The first kappa shape index (κ1) is 32.6. The average Bonchev–Trinajstić information content (AvgIpc) is 3.88. The second-order valence-corrected chi connectivity index (χ2v) is 13.0. The smallest absolute Gasteiger partial charge is 0.350 e. The molecule has 2 aromatic heterocycles. The van der Waals surface area contributed by atoms with E-state index in [-0.39, 0.29) is 17.8 Å². The Morgan fingerprint density at radius 2 is 1.57 bits per heavy atom. The molecule has 2 fully saturated rings. The van der Waals surface area contributed by atoms with E-state index in [0.29, 0.717) is 19.8 Å². The minimum Gasteiger partial charge on any atom is -0.491 e. The van der Waals surface area contributed by atoms with Crippen molar-refractivity contribution < 1.29 is 14.2 Å². The molecule has 0 aliphatic carbocycles. The molecule has 0 saturated carbocycles.